The molecule has 3 nitrogen and oxygen atoms in total. The molecule has 0 fully saturated rings. The number of para-hydroxylation sites is 1. The summed E-state index contributed by atoms with van der Waals surface area (Å²) in [4.78, 5) is 12.5. The molecule has 0 spiro atoms. The molecule has 0 aliphatic heterocycles. The van der Waals surface area contributed by atoms with Crippen LogP contribution in [0.3, 0.4) is 0 Å². The van der Waals surface area contributed by atoms with Crippen LogP contribution in [-0.2, 0) is 0 Å². The van der Waals surface area contributed by atoms with Crippen molar-refractivity contribution in [2.45, 2.75) is 110 Å². The van der Waals surface area contributed by atoms with Crippen molar-refractivity contribution in [3.8, 4) is 11.5 Å². The van der Waals surface area contributed by atoms with Gasteiger partial charge in [0.05, 0.1) is 12.2 Å². The van der Waals surface area contributed by atoms with Gasteiger partial charge in [0, 0.05) is 5.56 Å². The lowest BCUT2D eigenvalue weighted by Crippen LogP contribution is -2.02. The van der Waals surface area contributed by atoms with Crippen LogP contribution in [0.1, 0.15) is 126 Å². The zero-order valence-corrected chi connectivity index (χ0v) is 21.4. The third-order valence-corrected chi connectivity index (χ3v) is 6.53. The first-order chi connectivity index (χ1) is 16.7. The Morgan fingerprint density at radius 2 is 1.12 bits per heavy atom. The minimum absolute atomic E-state index is 0.0105. The van der Waals surface area contributed by atoms with Crippen LogP contribution in [0.25, 0.3) is 0 Å². The number of carbonyl (C=O) groups is 1. The van der Waals surface area contributed by atoms with E-state index in [9.17, 15) is 9.90 Å². The first kappa shape index (κ1) is 28.0. The van der Waals surface area contributed by atoms with Gasteiger partial charge in [-0.2, -0.15) is 0 Å². The van der Waals surface area contributed by atoms with Gasteiger partial charge in [-0.3, -0.25) is 4.79 Å². The first-order valence-electron chi connectivity index (χ1n) is 13.8. The number of hydrogen-bond donors (Lipinski definition) is 1. The van der Waals surface area contributed by atoms with Gasteiger partial charge in [0.2, 0.25) is 0 Å². The average Bonchev–Trinajstić information content (AvgIpc) is 2.86. The van der Waals surface area contributed by atoms with Crippen LogP contribution in [0.4, 0.5) is 0 Å². The highest BCUT2D eigenvalue weighted by molar-refractivity contribution is 6.10. The summed E-state index contributed by atoms with van der Waals surface area (Å²) in [6, 6.07) is 13.8. The molecule has 0 atom stereocenters. The number of rotatable bonds is 20. The third kappa shape index (κ3) is 11.7. The molecular weight excluding hydrogens is 420 g/mol. The molecule has 34 heavy (non-hydrogen) atoms. The van der Waals surface area contributed by atoms with Crippen molar-refractivity contribution in [3.63, 3.8) is 0 Å². The van der Waals surface area contributed by atoms with Crippen LogP contribution in [-0.4, -0.2) is 17.5 Å². The van der Waals surface area contributed by atoms with Crippen molar-refractivity contribution in [1.29, 1.82) is 0 Å². The summed E-state index contributed by atoms with van der Waals surface area (Å²) < 4.78 is 5.83. The number of phenols is 1. The zero-order valence-electron chi connectivity index (χ0n) is 21.4. The predicted octanol–water partition coefficient (Wildman–Crippen LogP) is 9.26. The summed E-state index contributed by atoms with van der Waals surface area (Å²) in [6.07, 6.45) is 21.8. The topological polar surface area (TPSA) is 46.5 Å². The number of benzene rings is 2. The monoisotopic (exact) mass is 466 g/mol. The Hall–Kier alpha value is -2.29. The molecule has 0 saturated carbocycles. The summed E-state index contributed by atoms with van der Waals surface area (Å²) >= 11 is 0. The number of ketones is 1. The van der Waals surface area contributed by atoms with E-state index < -0.39 is 0 Å². The molecule has 0 aromatic heterocycles. The van der Waals surface area contributed by atoms with E-state index >= 15 is 0 Å². The maximum Gasteiger partial charge on any atom is 0.196 e. The molecule has 0 unspecified atom stereocenters. The van der Waals surface area contributed by atoms with E-state index in [0.717, 1.165) is 12.2 Å². The van der Waals surface area contributed by atoms with Crippen LogP contribution in [0.15, 0.2) is 48.5 Å². The largest absolute Gasteiger partial charge is 0.507 e. The Labute approximate surface area is 207 Å². The fourth-order valence-electron chi connectivity index (χ4n) is 4.36. The van der Waals surface area contributed by atoms with Gasteiger partial charge in [-0.25, -0.2) is 0 Å². The van der Waals surface area contributed by atoms with Crippen LogP contribution in [0.2, 0.25) is 0 Å². The second kappa shape index (κ2) is 18.1. The van der Waals surface area contributed by atoms with Crippen LogP contribution >= 0.6 is 0 Å². The summed E-state index contributed by atoms with van der Waals surface area (Å²) in [7, 11) is 0. The fraction of sp³-hybridized carbons (Fsp3) is 0.581. The highest BCUT2D eigenvalue weighted by Crippen LogP contribution is 2.21. The van der Waals surface area contributed by atoms with Gasteiger partial charge in [-0.15, -0.1) is 0 Å². The van der Waals surface area contributed by atoms with Crippen LogP contribution in [0.5, 0.6) is 11.5 Å². The lowest BCUT2D eigenvalue weighted by atomic mass is 10.0. The van der Waals surface area contributed by atoms with Gasteiger partial charge in [0.15, 0.2) is 5.78 Å². The number of phenolic OH excluding ortho intramolecular Hbond substituents is 1. The number of carbonyl (C=O) groups excluding carboxylic acids is 1. The van der Waals surface area contributed by atoms with Crippen LogP contribution in [0, 0.1) is 0 Å². The molecule has 0 bridgehead atoms. The van der Waals surface area contributed by atoms with Crippen molar-refractivity contribution >= 4 is 5.78 Å². The van der Waals surface area contributed by atoms with E-state index in [4.69, 9.17) is 4.74 Å². The Balaban J connectivity index is 1.42. The minimum atomic E-state index is -0.178. The Kier molecular flexibility index (Phi) is 14.9. The molecule has 3 heteroatoms. The molecule has 0 radical (unpaired) electrons. The SMILES string of the molecule is CCCCCCCCCCCCCCCCCCOc1ccc(C(=O)c2ccccc2O)cc1. The lowest BCUT2D eigenvalue weighted by Gasteiger charge is -2.08. The van der Waals surface area contributed by atoms with Gasteiger partial charge in [0.25, 0.3) is 0 Å². The molecule has 0 aliphatic carbocycles. The smallest absolute Gasteiger partial charge is 0.196 e. The number of hydrogen-bond acceptors (Lipinski definition) is 3. The highest BCUT2D eigenvalue weighted by Gasteiger charge is 2.12. The Morgan fingerprint density at radius 1 is 0.647 bits per heavy atom. The Morgan fingerprint density at radius 3 is 1.62 bits per heavy atom. The second-order valence-electron chi connectivity index (χ2n) is 9.52. The van der Waals surface area contributed by atoms with E-state index in [0.29, 0.717) is 17.7 Å². The van der Waals surface area contributed by atoms with Crippen molar-refractivity contribution in [2.75, 3.05) is 6.61 Å². The van der Waals surface area contributed by atoms with Crippen molar-refractivity contribution in [2.24, 2.45) is 0 Å². The van der Waals surface area contributed by atoms with E-state index in [1.807, 2.05) is 12.1 Å². The number of ether oxygens (including phenoxy) is 1. The molecule has 2 rings (SSSR count). The quantitative estimate of drug-likeness (QED) is 0.156. The summed E-state index contributed by atoms with van der Waals surface area (Å²) in [6.45, 7) is 2.99. The van der Waals surface area contributed by atoms with E-state index in [1.54, 1.807) is 30.3 Å². The number of unbranched alkanes of at least 4 members (excludes halogenated alkanes) is 15. The first-order valence-corrected chi connectivity index (χ1v) is 13.8. The van der Waals surface area contributed by atoms with E-state index in [1.165, 1.54) is 102 Å². The summed E-state index contributed by atoms with van der Waals surface area (Å²) in [5, 5.41) is 9.87. The summed E-state index contributed by atoms with van der Waals surface area (Å²) in [5.74, 6) is 0.619. The normalized spacial score (nSPS) is 11.0. The van der Waals surface area contributed by atoms with Crippen molar-refractivity contribution in [1.82, 2.24) is 0 Å². The molecule has 0 aliphatic rings. The van der Waals surface area contributed by atoms with E-state index in [2.05, 4.69) is 6.92 Å². The standard InChI is InChI=1S/C31H46O3/c1-2-3-4-5-6-7-8-9-10-11-12-13-14-15-16-19-26-34-28-24-22-27(23-25-28)31(33)29-20-17-18-21-30(29)32/h17-18,20-25,32H,2-16,19,26H2,1H3. The number of aromatic hydroxyl groups is 1. The second-order valence-corrected chi connectivity index (χ2v) is 9.52. The fourth-order valence-corrected chi connectivity index (χ4v) is 4.36. The summed E-state index contributed by atoms with van der Waals surface area (Å²) in [5.41, 5.74) is 0.876. The minimum Gasteiger partial charge on any atom is -0.507 e. The molecule has 1 N–H and O–H groups in total. The van der Waals surface area contributed by atoms with Gasteiger partial charge in [-0.1, -0.05) is 115 Å². The molecule has 0 saturated heterocycles. The third-order valence-electron chi connectivity index (χ3n) is 6.53. The van der Waals surface area contributed by atoms with Gasteiger partial charge in [-0.05, 0) is 42.8 Å². The molecule has 2 aromatic carbocycles. The maximum absolute atomic E-state index is 12.5. The van der Waals surface area contributed by atoms with E-state index in [-0.39, 0.29) is 11.5 Å². The highest BCUT2D eigenvalue weighted by atomic mass is 16.5. The Bertz CT molecular complexity index is 782. The predicted molar refractivity (Wildman–Crippen MR) is 143 cm³/mol. The molecular formula is C31H46O3. The van der Waals surface area contributed by atoms with Gasteiger partial charge in [0.1, 0.15) is 11.5 Å². The molecule has 0 heterocycles. The molecule has 188 valence electrons. The molecule has 2 aromatic rings. The molecule has 0 amide bonds. The van der Waals surface area contributed by atoms with Crippen molar-refractivity contribution in [3.05, 3.63) is 59.7 Å². The zero-order chi connectivity index (χ0) is 24.3. The average molecular weight is 467 g/mol. The van der Waals surface area contributed by atoms with Gasteiger partial charge >= 0.3 is 0 Å². The van der Waals surface area contributed by atoms with Gasteiger partial charge < -0.3 is 9.84 Å². The lowest BCUT2D eigenvalue weighted by molar-refractivity contribution is 0.103. The van der Waals surface area contributed by atoms with Crippen molar-refractivity contribution < 1.29 is 14.6 Å². The van der Waals surface area contributed by atoms with Crippen LogP contribution < -0.4 is 4.74 Å². The maximum atomic E-state index is 12.5.